The van der Waals surface area contributed by atoms with E-state index in [-0.39, 0.29) is 29.4 Å². The van der Waals surface area contributed by atoms with E-state index < -0.39 is 44.9 Å². The molecule has 2 aromatic rings. The topological polar surface area (TPSA) is 130 Å². The maximum atomic E-state index is 13.8. The lowest BCUT2D eigenvalue weighted by Gasteiger charge is -2.34. The Hall–Kier alpha value is -2.89. The van der Waals surface area contributed by atoms with E-state index in [2.05, 4.69) is 5.32 Å². The summed E-state index contributed by atoms with van der Waals surface area (Å²) in [7, 11) is -4.05. The Labute approximate surface area is 233 Å². The number of aryl methyl sites for hydroxylation is 1. The van der Waals surface area contributed by atoms with Crippen molar-refractivity contribution in [1.29, 1.82) is 0 Å². The van der Waals surface area contributed by atoms with Gasteiger partial charge < -0.3 is 10.2 Å². The van der Waals surface area contributed by atoms with Gasteiger partial charge >= 0.3 is 0 Å². The number of amides is 2. The van der Waals surface area contributed by atoms with Gasteiger partial charge in [0, 0.05) is 24.2 Å². The summed E-state index contributed by atoms with van der Waals surface area (Å²) in [6.45, 7) is 8.00. The lowest BCUT2D eigenvalue weighted by Crippen LogP contribution is -2.55. The number of nitro groups is 1. The minimum atomic E-state index is -4.05. The first-order chi connectivity index (χ1) is 17.4. The van der Waals surface area contributed by atoms with Crippen LogP contribution in [0.15, 0.2) is 36.4 Å². The molecule has 13 heteroatoms. The molecule has 0 radical (unpaired) electrons. The molecule has 0 fully saturated rings. The van der Waals surface area contributed by atoms with Crippen molar-refractivity contribution >= 4 is 56.4 Å². The number of carbonyl (C=O) groups excluding carboxylic acids is 2. The van der Waals surface area contributed by atoms with E-state index in [1.54, 1.807) is 52.8 Å². The molecule has 38 heavy (non-hydrogen) atoms. The van der Waals surface area contributed by atoms with Crippen molar-refractivity contribution in [2.75, 3.05) is 17.1 Å². The number of nitro benzene ring substituents is 1. The highest BCUT2D eigenvalue weighted by Crippen LogP contribution is 2.28. The largest absolute Gasteiger partial charge is 0.350 e. The van der Waals surface area contributed by atoms with Crippen LogP contribution >= 0.6 is 23.2 Å². The maximum absolute atomic E-state index is 13.8. The molecule has 0 aliphatic heterocycles. The molecular weight excluding hydrogens is 555 g/mol. The number of sulfonamides is 1. The van der Waals surface area contributed by atoms with Crippen molar-refractivity contribution in [3.63, 3.8) is 0 Å². The number of hydrogen-bond acceptors (Lipinski definition) is 6. The molecule has 0 saturated carbocycles. The number of rotatable bonds is 10. The highest BCUT2D eigenvalue weighted by atomic mass is 35.5. The molecule has 1 N–H and O–H groups in total. The molecule has 2 amide bonds. The average Bonchev–Trinajstić information content (AvgIpc) is 2.78. The van der Waals surface area contributed by atoms with E-state index in [4.69, 9.17) is 23.2 Å². The predicted octanol–water partition coefficient (Wildman–Crippen LogP) is 4.70. The maximum Gasteiger partial charge on any atom is 0.271 e. The van der Waals surface area contributed by atoms with Crippen LogP contribution in [0.2, 0.25) is 10.0 Å². The van der Waals surface area contributed by atoms with Gasteiger partial charge in [-0.05, 0) is 57.4 Å². The van der Waals surface area contributed by atoms with Crippen LogP contribution in [-0.4, -0.2) is 54.4 Å². The molecular formula is C25H32Cl2N4O6S. The minimum absolute atomic E-state index is 0.00303. The van der Waals surface area contributed by atoms with Crippen molar-refractivity contribution in [3.8, 4) is 0 Å². The Bertz CT molecular complexity index is 1330. The SMILES string of the molecule is CC[C@H](C(=O)NC(C)(C)C)N(Cc1ccc(Cl)c(Cl)c1)C(=O)CN(c1cc([N+](=O)[O-])ccc1C)S(C)(=O)=O. The Balaban J connectivity index is 2.57. The normalized spacial score (nSPS) is 12.5. The summed E-state index contributed by atoms with van der Waals surface area (Å²) >= 11 is 12.2. The summed E-state index contributed by atoms with van der Waals surface area (Å²) in [4.78, 5) is 39.0. The quantitative estimate of drug-likeness (QED) is 0.317. The van der Waals surface area contributed by atoms with Gasteiger partial charge in [-0.2, -0.15) is 0 Å². The first-order valence-corrected chi connectivity index (χ1v) is 14.3. The van der Waals surface area contributed by atoms with Crippen LogP contribution in [0.5, 0.6) is 0 Å². The number of hydrogen-bond donors (Lipinski definition) is 1. The third kappa shape index (κ3) is 8.31. The lowest BCUT2D eigenvalue weighted by molar-refractivity contribution is -0.384. The second kappa shape index (κ2) is 12.3. The number of benzene rings is 2. The Morgan fingerprint density at radius 1 is 1.11 bits per heavy atom. The van der Waals surface area contributed by atoms with Gasteiger partial charge in [-0.1, -0.05) is 42.3 Å². The third-order valence-electron chi connectivity index (χ3n) is 5.57. The van der Waals surface area contributed by atoms with Crippen LogP contribution in [0.1, 0.15) is 45.2 Å². The Morgan fingerprint density at radius 2 is 1.74 bits per heavy atom. The van der Waals surface area contributed by atoms with Crippen molar-refractivity contribution in [2.45, 2.75) is 59.2 Å². The third-order valence-corrected chi connectivity index (χ3v) is 7.44. The van der Waals surface area contributed by atoms with Gasteiger partial charge in [-0.3, -0.25) is 24.0 Å². The monoisotopic (exact) mass is 586 g/mol. The van der Waals surface area contributed by atoms with Crippen LogP contribution in [0.3, 0.4) is 0 Å². The molecule has 0 spiro atoms. The number of carbonyl (C=O) groups is 2. The zero-order valence-corrected chi connectivity index (χ0v) is 24.4. The first kappa shape index (κ1) is 31.3. The minimum Gasteiger partial charge on any atom is -0.350 e. The van der Waals surface area contributed by atoms with Gasteiger partial charge in [0.15, 0.2) is 0 Å². The molecule has 0 saturated heterocycles. The van der Waals surface area contributed by atoms with Crippen molar-refractivity contribution in [3.05, 3.63) is 67.7 Å². The highest BCUT2D eigenvalue weighted by molar-refractivity contribution is 7.92. The zero-order valence-electron chi connectivity index (χ0n) is 22.1. The standard InChI is InChI=1S/C25H32Cl2N4O6S/c1-7-21(24(33)28-25(3,4)5)29(14-17-9-11-19(26)20(27)12-17)23(32)15-30(38(6,36)37)22-13-18(31(34)35)10-8-16(22)2/h8-13,21H,7,14-15H2,1-6H3,(H,28,33)/t21-/m1/s1. The molecule has 0 unspecified atom stereocenters. The van der Waals surface area contributed by atoms with Gasteiger partial charge in [0.2, 0.25) is 21.8 Å². The summed E-state index contributed by atoms with van der Waals surface area (Å²) in [5, 5.41) is 14.8. The molecule has 0 aliphatic carbocycles. The second-order valence-electron chi connectivity index (χ2n) is 9.93. The van der Waals surface area contributed by atoms with E-state index in [0.717, 1.165) is 16.6 Å². The smallest absolute Gasteiger partial charge is 0.271 e. The highest BCUT2D eigenvalue weighted by Gasteiger charge is 2.33. The van der Waals surface area contributed by atoms with Crippen LogP contribution in [0.25, 0.3) is 0 Å². The van der Waals surface area contributed by atoms with E-state index in [9.17, 15) is 28.1 Å². The van der Waals surface area contributed by atoms with E-state index in [1.807, 2.05) is 0 Å². The van der Waals surface area contributed by atoms with E-state index >= 15 is 0 Å². The number of halogens is 2. The average molecular weight is 588 g/mol. The number of anilines is 1. The molecule has 0 bridgehead atoms. The lowest BCUT2D eigenvalue weighted by atomic mass is 10.1. The van der Waals surface area contributed by atoms with E-state index in [1.165, 1.54) is 17.0 Å². The van der Waals surface area contributed by atoms with Crippen molar-refractivity contribution in [1.82, 2.24) is 10.2 Å². The Kier molecular flexibility index (Phi) is 10.2. The summed E-state index contributed by atoms with van der Waals surface area (Å²) in [5.41, 5.74) is 0.0865. The molecule has 0 heterocycles. The first-order valence-electron chi connectivity index (χ1n) is 11.7. The number of nitrogens with one attached hydrogen (secondary N) is 1. The predicted molar refractivity (Wildman–Crippen MR) is 149 cm³/mol. The fourth-order valence-corrected chi connectivity index (χ4v) is 5.00. The molecule has 2 rings (SSSR count). The van der Waals surface area contributed by atoms with Gasteiger partial charge in [-0.15, -0.1) is 0 Å². The van der Waals surface area contributed by atoms with Gasteiger partial charge in [0.25, 0.3) is 5.69 Å². The number of non-ortho nitro benzene ring substituents is 1. The second-order valence-corrected chi connectivity index (χ2v) is 12.7. The van der Waals surface area contributed by atoms with Gasteiger partial charge in [-0.25, -0.2) is 8.42 Å². The van der Waals surface area contributed by atoms with Crippen LogP contribution < -0.4 is 9.62 Å². The van der Waals surface area contributed by atoms with Crippen LogP contribution in [0, 0.1) is 17.0 Å². The Morgan fingerprint density at radius 3 is 2.24 bits per heavy atom. The van der Waals surface area contributed by atoms with Gasteiger partial charge in [0.05, 0.1) is 26.9 Å². The van der Waals surface area contributed by atoms with E-state index in [0.29, 0.717) is 16.1 Å². The summed E-state index contributed by atoms with van der Waals surface area (Å²) in [6, 6.07) is 7.61. The molecule has 1 atom stereocenters. The van der Waals surface area contributed by atoms with Crippen LogP contribution in [-0.2, 0) is 26.2 Å². The fourth-order valence-electron chi connectivity index (χ4n) is 3.78. The van der Waals surface area contributed by atoms with Crippen molar-refractivity contribution in [2.24, 2.45) is 0 Å². The zero-order chi connectivity index (χ0) is 29.0. The molecule has 208 valence electrons. The summed E-state index contributed by atoms with van der Waals surface area (Å²) < 4.78 is 26.4. The summed E-state index contributed by atoms with van der Waals surface area (Å²) in [5.74, 6) is -1.09. The fraction of sp³-hybridized carbons (Fsp3) is 0.440. The van der Waals surface area contributed by atoms with Crippen molar-refractivity contribution < 1.29 is 22.9 Å². The molecule has 0 aliphatic rings. The van der Waals surface area contributed by atoms with Crippen LogP contribution in [0.4, 0.5) is 11.4 Å². The molecule has 10 nitrogen and oxygen atoms in total. The van der Waals surface area contributed by atoms with Gasteiger partial charge in [0.1, 0.15) is 12.6 Å². The molecule has 2 aromatic carbocycles. The molecule has 0 aromatic heterocycles. The number of nitrogens with zero attached hydrogens (tertiary/aromatic N) is 3. The summed E-state index contributed by atoms with van der Waals surface area (Å²) in [6.07, 6.45) is 1.15.